The van der Waals surface area contributed by atoms with Crippen LogP contribution in [-0.2, 0) is 17.1 Å². The first-order chi connectivity index (χ1) is 18.8. The topological polar surface area (TPSA) is 132 Å². The van der Waals surface area contributed by atoms with Crippen LogP contribution in [0.5, 0.6) is 0 Å². The number of amides is 1. The summed E-state index contributed by atoms with van der Waals surface area (Å²) in [5.74, 6) is 0.201. The molecule has 0 unspecified atom stereocenters. The highest BCUT2D eigenvalue weighted by molar-refractivity contribution is 7.89. The molecule has 0 bridgehead atoms. The molecular weight excluding hydrogens is 518 g/mol. The van der Waals surface area contributed by atoms with Crippen molar-refractivity contribution in [2.75, 3.05) is 18.4 Å². The van der Waals surface area contributed by atoms with Crippen molar-refractivity contribution in [3.63, 3.8) is 0 Å². The molecule has 0 aliphatic carbocycles. The van der Waals surface area contributed by atoms with Gasteiger partial charge in [0.2, 0.25) is 10.0 Å². The number of hydrogen-bond donors (Lipinski definition) is 1. The van der Waals surface area contributed by atoms with E-state index < -0.39 is 10.0 Å². The number of nitrogens with one attached hydrogen (secondary N) is 1. The molecule has 1 N–H and O–H groups in total. The average molecular weight is 546 g/mol. The number of carbonyl (C=O) groups is 1. The van der Waals surface area contributed by atoms with E-state index in [1.165, 1.54) is 27.6 Å². The van der Waals surface area contributed by atoms with Gasteiger partial charge in [0.25, 0.3) is 5.91 Å². The smallest absolute Gasteiger partial charge is 0.262 e. The van der Waals surface area contributed by atoms with Gasteiger partial charge < -0.3 is 5.32 Å². The maximum absolute atomic E-state index is 13.3. The van der Waals surface area contributed by atoms with Gasteiger partial charge in [-0.15, -0.1) is 0 Å². The van der Waals surface area contributed by atoms with Crippen molar-refractivity contribution in [2.24, 2.45) is 7.05 Å². The zero-order valence-electron chi connectivity index (χ0n) is 21.5. The third-order valence-electron chi connectivity index (χ3n) is 6.96. The lowest BCUT2D eigenvalue weighted by Gasteiger charge is -2.30. The molecule has 1 fully saturated rings. The molecule has 1 aromatic carbocycles. The Kier molecular flexibility index (Phi) is 6.23. The van der Waals surface area contributed by atoms with Crippen LogP contribution in [0.4, 0.5) is 5.82 Å². The van der Waals surface area contributed by atoms with Crippen LogP contribution in [0.1, 0.15) is 40.4 Å². The Morgan fingerprint density at radius 1 is 1.08 bits per heavy atom. The summed E-state index contributed by atoms with van der Waals surface area (Å²) < 4.78 is 32.3. The molecule has 0 spiro atoms. The zero-order valence-corrected chi connectivity index (χ0v) is 22.3. The van der Waals surface area contributed by atoms with E-state index in [0.29, 0.717) is 43.0 Å². The summed E-state index contributed by atoms with van der Waals surface area (Å²) >= 11 is 0. The van der Waals surface area contributed by atoms with Gasteiger partial charge in [0, 0.05) is 50.7 Å². The van der Waals surface area contributed by atoms with Gasteiger partial charge in [-0.3, -0.25) is 9.48 Å². The fourth-order valence-electron chi connectivity index (χ4n) is 4.81. The largest absolute Gasteiger partial charge is 0.306 e. The quantitative estimate of drug-likeness (QED) is 0.347. The molecule has 5 heterocycles. The summed E-state index contributed by atoms with van der Waals surface area (Å²) in [6.45, 7) is 2.75. The molecule has 1 aliphatic rings. The number of fused-ring (bicyclic) bond motifs is 1. The number of aryl methyl sites for hydroxylation is 2. The third-order valence-corrected chi connectivity index (χ3v) is 8.82. The monoisotopic (exact) mass is 545 g/mol. The van der Waals surface area contributed by atoms with Crippen molar-refractivity contribution >= 4 is 27.4 Å². The van der Waals surface area contributed by atoms with Crippen LogP contribution in [0.2, 0.25) is 0 Å². The van der Waals surface area contributed by atoms with E-state index in [-0.39, 0.29) is 16.7 Å². The molecule has 39 heavy (non-hydrogen) atoms. The molecule has 13 heteroatoms. The Bertz CT molecular complexity index is 1760. The molecule has 12 nitrogen and oxygen atoms in total. The van der Waals surface area contributed by atoms with Crippen LogP contribution < -0.4 is 5.32 Å². The van der Waals surface area contributed by atoms with Crippen LogP contribution in [0.15, 0.2) is 72.3 Å². The molecule has 1 amide bonds. The molecule has 4 aromatic heterocycles. The van der Waals surface area contributed by atoms with Gasteiger partial charge in [-0.25, -0.2) is 22.6 Å². The van der Waals surface area contributed by atoms with Crippen LogP contribution in [0.3, 0.4) is 0 Å². The Labute approximate surface area is 224 Å². The predicted octanol–water partition coefficient (Wildman–Crippen LogP) is 2.78. The van der Waals surface area contributed by atoms with Crippen LogP contribution in [-0.4, -0.2) is 65.9 Å². The van der Waals surface area contributed by atoms with Crippen molar-refractivity contribution < 1.29 is 13.2 Å². The van der Waals surface area contributed by atoms with Gasteiger partial charge in [-0.1, -0.05) is 17.7 Å². The van der Waals surface area contributed by atoms with E-state index in [1.807, 2.05) is 37.3 Å². The van der Waals surface area contributed by atoms with Crippen molar-refractivity contribution in [2.45, 2.75) is 30.6 Å². The number of sulfonamides is 1. The molecule has 1 aliphatic heterocycles. The highest BCUT2D eigenvalue weighted by Gasteiger charge is 2.32. The van der Waals surface area contributed by atoms with Crippen LogP contribution >= 0.6 is 0 Å². The maximum Gasteiger partial charge on any atom is 0.262 e. The SMILES string of the molecule is Cc1ccc(-n2nc(C3CCN(S(=O)(=O)c4cnn(C)c4)CC3)cc2NC(=O)c2cnn3cccnc23)cc1. The summed E-state index contributed by atoms with van der Waals surface area (Å²) in [5.41, 5.74) is 3.51. The van der Waals surface area contributed by atoms with E-state index in [1.54, 1.807) is 34.7 Å². The minimum Gasteiger partial charge on any atom is -0.306 e. The zero-order chi connectivity index (χ0) is 27.1. The van der Waals surface area contributed by atoms with E-state index in [2.05, 4.69) is 20.5 Å². The summed E-state index contributed by atoms with van der Waals surface area (Å²) in [6.07, 6.45) is 8.94. The lowest BCUT2D eigenvalue weighted by Crippen LogP contribution is -2.37. The molecule has 200 valence electrons. The van der Waals surface area contributed by atoms with E-state index in [4.69, 9.17) is 5.10 Å². The Morgan fingerprint density at radius 2 is 1.85 bits per heavy atom. The Hall–Kier alpha value is -4.36. The normalized spacial score (nSPS) is 15.1. The van der Waals surface area contributed by atoms with Crippen molar-refractivity contribution in [3.8, 4) is 5.69 Å². The highest BCUT2D eigenvalue weighted by atomic mass is 32.2. The number of anilines is 1. The van der Waals surface area contributed by atoms with Gasteiger partial charge in [0.1, 0.15) is 16.3 Å². The third kappa shape index (κ3) is 4.70. The first-order valence-corrected chi connectivity index (χ1v) is 14.0. The standard InChI is InChI=1S/C26H27N9O3S/c1-18-4-6-20(7-5-18)35-24(30-26(36)22-16-29-34-11-3-10-27-25(22)34)14-23(31-35)19-8-12-33(13-9-19)39(37,38)21-15-28-32(2)17-21/h3-7,10-11,14-17,19H,8-9,12-13H2,1-2H3,(H,30,36). The summed E-state index contributed by atoms with van der Waals surface area (Å²) in [4.78, 5) is 17.8. The number of aromatic nitrogens is 7. The molecule has 0 saturated carbocycles. The first-order valence-electron chi connectivity index (χ1n) is 12.5. The van der Waals surface area contributed by atoms with Gasteiger partial charge in [-0.2, -0.15) is 19.6 Å². The summed E-state index contributed by atoms with van der Waals surface area (Å²) in [5, 5.41) is 16.1. The number of nitrogens with zero attached hydrogens (tertiary/aromatic N) is 8. The van der Waals surface area contributed by atoms with Crippen molar-refractivity contribution in [3.05, 3.63) is 84.2 Å². The number of benzene rings is 1. The number of piperidine rings is 1. The summed E-state index contributed by atoms with van der Waals surface area (Å²) in [6, 6.07) is 11.5. The number of carbonyl (C=O) groups excluding carboxylic acids is 1. The van der Waals surface area contributed by atoms with Crippen molar-refractivity contribution in [1.29, 1.82) is 0 Å². The second-order valence-electron chi connectivity index (χ2n) is 9.63. The lowest BCUT2D eigenvalue weighted by atomic mass is 9.95. The van der Waals surface area contributed by atoms with Crippen molar-refractivity contribution in [1.82, 2.24) is 38.5 Å². The minimum atomic E-state index is -3.60. The fraction of sp³-hybridized carbons (Fsp3) is 0.269. The maximum atomic E-state index is 13.3. The Morgan fingerprint density at radius 3 is 2.56 bits per heavy atom. The molecular formula is C26H27N9O3S. The minimum absolute atomic E-state index is 0.0337. The van der Waals surface area contributed by atoms with E-state index in [9.17, 15) is 13.2 Å². The highest BCUT2D eigenvalue weighted by Crippen LogP contribution is 2.32. The fourth-order valence-corrected chi connectivity index (χ4v) is 6.27. The molecule has 0 atom stereocenters. The number of rotatable bonds is 6. The molecule has 1 saturated heterocycles. The summed E-state index contributed by atoms with van der Waals surface area (Å²) in [7, 11) is -1.91. The van der Waals surface area contributed by atoms with Gasteiger partial charge in [0.15, 0.2) is 5.65 Å². The second kappa shape index (κ2) is 9.75. The first kappa shape index (κ1) is 24.9. The van der Waals surface area contributed by atoms with Gasteiger partial charge >= 0.3 is 0 Å². The lowest BCUT2D eigenvalue weighted by molar-refractivity contribution is 0.102. The van der Waals surface area contributed by atoms with E-state index in [0.717, 1.165) is 16.9 Å². The predicted molar refractivity (Wildman–Crippen MR) is 143 cm³/mol. The van der Waals surface area contributed by atoms with E-state index >= 15 is 0 Å². The average Bonchev–Trinajstić information content (AvgIpc) is 3.68. The molecule has 5 aromatic rings. The molecule has 0 radical (unpaired) electrons. The van der Waals surface area contributed by atoms with Crippen LogP contribution in [0.25, 0.3) is 11.3 Å². The van der Waals surface area contributed by atoms with Gasteiger partial charge in [-0.05, 0) is 38.0 Å². The second-order valence-corrected chi connectivity index (χ2v) is 11.6. The van der Waals surface area contributed by atoms with Gasteiger partial charge in [0.05, 0.1) is 23.8 Å². The molecule has 6 rings (SSSR count). The Balaban J connectivity index is 1.27. The number of hydrogen-bond acceptors (Lipinski definition) is 7. The van der Waals surface area contributed by atoms with Crippen LogP contribution in [0, 0.1) is 6.92 Å².